The van der Waals surface area contributed by atoms with Gasteiger partial charge in [-0.05, 0) is 16.9 Å². The van der Waals surface area contributed by atoms with Gasteiger partial charge >= 0.3 is 0 Å². The molecule has 2 aromatic rings. The molecule has 2 aromatic carbocycles. The molecule has 1 N–H and O–H groups in total. The zero-order valence-corrected chi connectivity index (χ0v) is 11.2. The van der Waals surface area contributed by atoms with Crippen LogP contribution >= 0.6 is 0 Å². The molecule has 0 bridgehead atoms. The van der Waals surface area contributed by atoms with Crippen molar-refractivity contribution in [3.8, 4) is 5.75 Å². The standard InChI is InChI=1S/C16H20O2/c1-16(2,3)15(17)11-18-14-10-6-8-12-7-4-5-9-13(12)14/h4-10,15,17H,11H2,1-3H3. The van der Waals surface area contributed by atoms with Gasteiger partial charge in [-0.1, -0.05) is 57.2 Å². The number of aliphatic hydroxyl groups is 1. The molecule has 2 rings (SSSR count). The van der Waals surface area contributed by atoms with Crippen LogP contribution in [-0.2, 0) is 0 Å². The molecule has 1 atom stereocenters. The van der Waals surface area contributed by atoms with E-state index in [4.69, 9.17) is 4.74 Å². The second-order valence-electron chi connectivity index (χ2n) is 5.67. The Labute approximate surface area is 108 Å². The van der Waals surface area contributed by atoms with E-state index < -0.39 is 6.10 Å². The van der Waals surface area contributed by atoms with E-state index in [1.165, 1.54) is 0 Å². The fourth-order valence-electron chi connectivity index (χ4n) is 1.74. The molecule has 0 fully saturated rings. The second kappa shape index (κ2) is 4.99. The average Bonchev–Trinajstić information content (AvgIpc) is 2.34. The molecule has 2 nitrogen and oxygen atoms in total. The van der Waals surface area contributed by atoms with E-state index in [9.17, 15) is 5.11 Å². The van der Waals surface area contributed by atoms with Crippen LogP contribution in [0.1, 0.15) is 20.8 Å². The fraction of sp³-hybridized carbons (Fsp3) is 0.375. The molecule has 0 aromatic heterocycles. The van der Waals surface area contributed by atoms with Gasteiger partial charge in [0.1, 0.15) is 12.4 Å². The summed E-state index contributed by atoms with van der Waals surface area (Å²) in [5.41, 5.74) is -0.162. The minimum atomic E-state index is -0.475. The maximum absolute atomic E-state index is 9.99. The summed E-state index contributed by atoms with van der Waals surface area (Å²) in [6.07, 6.45) is -0.475. The molecule has 0 radical (unpaired) electrons. The first-order valence-electron chi connectivity index (χ1n) is 6.27. The summed E-state index contributed by atoms with van der Waals surface area (Å²) >= 11 is 0. The number of hydrogen-bond acceptors (Lipinski definition) is 2. The van der Waals surface area contributed by atoms with Crippen molar-refractivity contribution < 1.29 is 9.84 Å². The Morgan fingerprint density at radius 3 is 2.44 bits per heavy atom. The maximum atomic E-state index is 9.99. The SMILES string of the molecule is CC(C)(C)C(O)COc1cccc2ccccc12. The number of rotatable bonds is 3. The fourth-order valence-corrected chi connectivity index (χ4v) is 1.74. The van der Waals surface area contributed by atoms with Crippen LogP contribution in [0.5, 0.6) is 5.75 Å². The summed E-state index contributed by atoms with van der Waals surface area (Å²) in [6.45, 7) is 6.33. The summed E-state index contributed by atoms with van der Waals surface area (Å²) in [5.74, 6) is 0.830. The van der Waals surface area contributed by atoms with Gasteiger partial charge in [-0.15, -0.1) is 0 Å². The lowest BCUT2D eigenvalue weighted by molar-refractivity contribution is 0.0223. The lowest BCUT2D eigenvalue weighted by atomic mass is 9.90. The van der Waals surface area contributed by atoms with Crippen molar-refractivity contribution >= 4 is 10.8 Å². The average molecular weight is 244 g/mol. The summed E-state index contributed by atoms with van der Waals surface area (Å²) in [7, 11) is 0. The molecule has 0 aliphatic rings. The van der Waals surface area contributed by atoms with Crippen LogP contribution in [0.15, 0.2) is 42.5 Å². The molecule has 0 saturated heterocycles. The number of aliphatic hydroxyl groups excluding tert-OH is 1. The molecule has 0 spiro atoms. The monoisotopic (exact) mass is 244 g/mol. The largest absolute Gasteiger partial charge is 0.490 e. The van der Waals surface area contributed by atoms with Gasteiger partial charge < -0.3 is 9.84 Å². The lowest BCUT2D eigenvalue weighted by Gasteiger charge is -2.25. The zero-order chi connectivity index (χ0) is 13.2. The molecule has 96 valence electrons. The summed E-state index contributed by atoms with van der Waals surface area (Å²) in [5, 5.41) is 12.2. The van der Waals surface area contributed by atoms with E-state index in [1.54, 1.807) is 0 Å². The number of hydrogen-bond donors (Lipinski definition) is 1. The van der Waals surface area contributed by atoms with Crippen molar-refractivity contribution in [2.75, 3.05) is 6.61 Å². The van der Waals surface area contributed by atoms with Gasteiger partial charge in [0.2, 0.25) is 0 Å². The number of ether oxygens (including phenoxy) is 1. The molecular weight excluding hydrogens is 224 g/mol. The van der Waals surface area contributed by atoms with Gasteiger partial charge in [-0.25, -0.2) is 0 Å². The van der Waals surface area contributed by atoms with E-state index in [0.29, 0.717) is 6.61 Å². The third-order valence-corrected chi connectivity index (χ3v) is 3.15. The highest BCUT2D eigenvalue weighted by Crippen LogP contribution is 2.26. The van der Waals surface area contributed by atoms with Gasteiger partial charge in [0.05, 0.1) is 6.10 Å². The Balaban J connectivity index is 2.18. The predicted octanol–water partition coefficient (Wildman–Crippen LogP) is 3.63. The van der Waals surface area contributed by atoms with Crippen molar-refractivity contribution in [3.05, 3.63) is 42.5 Å². The van der Waals surface area contributed by atoms with Crippen LogP contribution in [0.25, 0.3) is 10.8 Å². The van der Waals surface area contributed by atoms with Gasteiger partial charge in [-0.2, -0.15) is 0 Å². The highest BCUT2D eigenvalue weighted by molar-refractivity contribution is 5.88. The topological polar surface area (TPSA) is 29.5 Å². The number of fused-ring (bicyclic) bond motifs is 1. The van der Waals surface area contributed by atoms with Crippen molar-refractivity contribution in [1.82, 2.24) is 0 Å². The van der Waals surface area contributed by atoms with Gasteiger partial charge in [0, 0.05) is 5.39 Å². The summed E-state index contributed by atoms with van der Waals surface area (Å²) in [6, 6.07) is 14.1. The molecule has 0 heterocycles. The van der Waals surface area contributed by atoms with Crippen molar-refractivity contribution in [2.24, 2.45) is 5.41 Å². The van der Waals surface area contributed by atoms with Crippen LogP contribution < -0.4 is 4.74 Å². The van der Waals surface area contributed by atoms with Crippen molar-refractivity contribution in [1.29, 1.82) is 0 Å². The molecule has 0 aliphatic heterocycles. The highest BCUT2D eigenvalue weighted by atomic mass is 16.5. The van der Waals surface area contributed by atoms with Crippen LogP contribution in [-0.4, -0.2) is 17.8 Å². The zero-order valence-electron chi connectivity index (χ0n) is 11.2. The Hall–Kier alpha value is -1.54. The highest BCUT2D eigenvalue weighted by Gasteiger charge is 2.22. The summed E-state index contributed by atoms with van der Waals surface area (Å²) < 4.78 is 5.76. The second-order valence-corrected chi connectivity index (χ2v) is 5.67. The van der Waals surface area contributed by atoms with E-state index >= 15 is 0 Å². The van der Waals surface area contributed by atoms with E-state index in [0.717, 1.165) is 16.5 Å². The molecule has 2 heteroatoms. The molecule has 18 heavy (non-hydrogen) atoms. The molecule has 1 unspecified atom stereocenters. The smallest absolute Gasteiger partial charge is 0.127 e. The normalized spacial score (nSPS) is 13.6. The lowest BCUT2D eigenvalue weighted by Crippen LogP contribution is -2.31. The van der Waals surface area contributed by atoms with Crippen molar-refractivity contribution in [3.63, 3.8) is 0 Å². The first-order valence-corrected chi connectivity index (χ1v) is 6.27. The minimum absolute atomic E-state index is 0.162. The Morgan fingerprint density at radius 2 is 1.72 bits per heavy atom. The Morgan fingerprint density at radius 1 is 1.06 bits per heavy atom. The molecule has 0 saturated carbocycles. The first kappa shape index (κ1) is 12.9. The van der Waals surface area contributed by atoms with E-state index in [2.05, 4.69) is 12.1 Å². The predicted molar refractivity (Wildman–Crippen MR) is 74.9 cm³/mol. The van der Waals surface area contributed by atoms with Crippen LogP contribution in [0.2, 0.25) is 0 Å². The van der Waals surface area contributed by atoms with E-state index in [1.807, 2.05) is 51.1 Å². The number of benzene rings is 2. The quantitative estimate of drug-likeness (QED) is 0.893. The Bertz CT molecular complexity index is 521. The molecular formula is C16H20O2. The van der Waals surface area contributed by atoms with Crippen LogP contribution in [0.4, 0.5) is 0 Å². The maximum Gasteiger partial charge on any atom is 0.127 e. The van der Waals surface area contributed by atoms with Gasteiger partial charge in [0.25, 0.3) is 0 Å². The van der Waals surface area contributed by atoms with Crippen LogP contribution in [0, 0.1) is 5.41 Å². The van der Waals surface area contributed by atoms with Crippen LogP contribution in [0.3, 0.4) is 0 Å². The third kappa shape index (κ3) is 2.82. The summed E-state index contributed by atoms with van der Waals surface area (Å²) in [4.78, 5) is 0. The molecule has 0 aliphatic carbocycles. The molecule has 0 amide bonds. The van der Waals surface area contributed by atoms with Gasteiger partial charge in [-0.3, -0.25) is 0 Å². The third-order valence-electron chi connectivity index (χ3n) is 3.15. The van der Waals surface area contributed by atoms with E-state index in [-0.39, 0.29) is 5.41 Å². The minimum Gasteiger partial charge on any atom is -0.490 e. The van der Waals surface area contributed by atoms with Crippen molar-refractivity contribution in [2.45, 2.75) is 26.9 Å². The Kier molecular flexibility index (Phi) is 3.58. The first-order chi connectivity index (χ1) is 8.48. The van der Waals surface area contributed by atoms with Gasteiger partial charge in [0.15, 0.2) is 0 Å².